The van der Waals surface area contributed by atoms with E-state index in [2.05, 4.69) is 29.5 Å². The van der Waals surface area contributed by atoms with E-state index in [-0.39, 0.29) is 0 Å². The lowest BCUT2D eigenvalue weighted by atomic mass is 10.1. The van der Waals surface area contributed by atoms with E-state index in [1.54, 1.807) is 11.3 Å². The minimum atomic E-state index is 0.776. The number of hydrogen-bond acceptors (Lipinski definition) is 3. The summed E-state index contributed by atoms with van der Waals surface area (Å²) in [6, 6.07) is 0.776. The van der Waals surface area contributed by atoms with Crippen molar-refractivity contribution in [3.8, 4) is 0 Å². The van der Waals surface area contributed by atoms with Gasteiger partial charge in [0.25, 0.3) is 0 Å². The Morgan fingerprint density at radius 2 is 2.38 bits per heavy atom. The molecule has 2 nitrogen and oxygen atoms in total. The Kier molecular flexibility index (Phi) is 4.36. The molecule has 1 heterocycles. The van der Waals surface area contributed by atoms with Crippen molar-refractivity contribution in [3.05, 3.63) is 16.1 Å². The molecule has 0 saturated heterocycles. The van der Waals surface area contributed by atoms with Crippen molar-refractivity contribution in [1.29, 1.82) is 0 Å². The molecule has 3 heteroatoms. The maximum Gasteiger partial charge on any atom is 0.0928 e. The van der Waals surface area contributed by atoms with E-state index in [1.165, 1.54) is 30.7 Å². The fourth-order valence-electron chi connectivity index (χ4n) is 2.19. The summed E-state index contributed by atoms with van der Waals surface area (Å²) in [4.78, 5) is 4.49. The topological polar surface area (TPSA) is 24.9 Å². The second-order valence-corrected chi connectivity index (χ2v) is 5.74. The number of nitrogens with one attached hydrogen (secondary N) is 1. The van der Waals surface area contributed by atoms with Gasteiger partial charge >= 0.3 is 0 Å². The van der Waals surface area contributed by atoms with E-state index in [9.17, 15) is 0 Å². The van der Waals surface area contributed by atoms with Crippen molar-refractivity contribution in [3.63, 3.8) is 0 Å². The number of hydrogen-bond donors (Lipinski definition) is 1. The van der Waals surface area contributed by atoms with Crippen LogP contribution in [0.1, 0.15) is 43.3 Å². The van der Waals surface area contributed by atoms with Crippen LogP contribution in [0.2, 0.25) is 0 Å². The van der Waals surface area contributed by atoms with Crippen LogP contribution in [0.4, 0.5) is 0 Å². The fraction of sp³-hybridized carbons (Fsp3) is 0.769. The van der Waals surface area contributed by atoms with Crippen molar-refractivity contribution in [1.82, 2.24) is 10.3 Å². The SMILES string of the molecule is CCC(NCCCc1nc(C)cs1)C1CC1. The van der Waals surface area contributed by atoms with Gasteiger partial charge in [-0.25, -0.2) is 4.98 Å². The monoisotopic (exact) mass is 238 g/mol. The Morgan fingerprint density at radius 3 is 2.94 bits per heavy atom. The zero-order valence-electron chi connectivity index (χ0n) is 10.3. The number of nitrogens with zero attached hydrogens (tertiary/aromatic N) is 1. The van der Waals surface area contributed by atoms with Crippen LogP contribution < -0.4 is 5.32 Å². The zero-order valence-corrected chi connectivity index (χ0v) is 11.1. The molecule has 1 fully saturated rings. The standard InChI is InChI=1S/C13H22N2S/c1-3-12(11-6-7-11)14-8-4-5-13-15-10(2)9-16-13/h9,11-12,14H,3-8H2,1-2H3. The quantitative estimate of drug-likeness (QED) is 0.738. The van der Waals surface area contributed by atoms with Gasteiger partial charge in [0.05, 0.1) is 5.01 Å². The largest absolute Gasteiger partial charge is 0.314 e. The third-order valence-electron chi connectivity index (χ3n) is 3.27. The Balaban J connectivity index is 1.60. The van der Waals surface area contributed by atoms with E-state index < -0.39 is 0 Å². The van der Waals surface area contributed by atoms with Gasteiger partial charge in [-0.1, -0.05) is 6.92 Å². The minimum Gasteiger partial charge on any atom is -0.314 e. The fourth-order valence-corrected chi connectivity index (χ4v) is 3.01. The Labute approximate surface area is 102 Å². The lowest BCUT2D eigenvalue weighted by Crippen LogP contribution is -2.31. The second-order valence-electron chi connectivity index (χ2n) is 4.79. The lowest BCUT2D eigenvalue weighted by molar-refractivity contribution is 0.446. The zero-order chi connectivity index (χ0) is 11.4. The first-order chi connectivity index (χ1) is 7.79. The van der Waals surface area contributed by atoms with Crippen LogP contribution in [0, 0.1) is 12.8 Å². The molecular weight excluding hydrogens is 216 g/mol. The van der Waals surface area contributed by atoms with Crippen molar-refractivity contribution in [2.75, 3.05) is 6.54 Å². The van der Waals surface area contributed by atoms with Crippen molar-refractivity contribution < 1.29 is 0 Å². The van der Waals surface area contributed by atoms with Gasteiger partial charge < -0.3 is 5.32 Å². The molecule has 0 bridgehead atoms. The van der Waals surface area contributed by atoms with Gasteiger partial charge in [-0.05, 0) is 45.1 Å². The Bertz CT molecular complexity index is 317. The molecule has 0 aliphatic heterocycles. The number of aryl methyl sites for hydroxylation is 2. The second kappa shape index (κ2) is 5.78. The van der Waals surface area contributed by atoms with Crippen LogP contribution in [0.15, 0.2) is 5.38 Å². The number of rotatable bonds is 7. The number of thiazole rings is 1. The average molecular weight is 238 g/mol. The van der Waals surface area contributed by atoms with Crippen molar-refractivity contribution in [2.24, 2.45) is 5.92 Å². The van der Waals surface area contributed by atoms with Gasteiger partial charge in [0.15, 0.2) is 0 Å². The summed E-state index contributed by atoms with van der Waals surface area (Å²) >= 11 is 1.79. The van der Waals surface area contributed by atoms with E-state index in [1.807, 2.05) is 0 Å². The summed E-state index contributed by atoms with van der Waals surface area (Å²) in [5, 5.41) is 7.12. The molecule has 1 N–H and O–H groups in total. The molecule has 1 atom stereocenters. The normalized spacial score (nSPS) is 17.6. The highest BCUT2D eigenvalue weighted by Crippen LogP contribution is 2.33. The van der Waals surface area contributed by atoms with Gasteiger partial charge in [0, 0.05) is 23.5 Å². The molecule has 1 unspecified atom stereocenters. The van der Waals surface area contributed by atoms with Crippen LogP contribution in [-0.2, 0) is 6.42 Å². The summed E-state index contributed by atoms with van der Waals surface area (Å²) in [6.07, 6.45) is 6.51. The van der Waals surface area contributed by atoms with Crippen molar-refractivity contribution in [2.45, 2.75) is 52.0 Å². The maximum absolute atomic E-state index is 4.49. The first-order valence-corrected chi connectivity index (χ1v) is 7.32. The average Bonchev–Trinajstić information content (AvgIpc) is 3.03. The predicted molar refractivity (Wildman–Crippen MR) is 70.0 cm³/mol. The molecular formula is C13H22N2S. The summed E-state index contributed by atoms with van der Waals surface area (Å²) in [7, 11) is 0. The number of aromatic nitrogens is 1. The molecule has 0 amide bonds. The smallest absolute Gasteiger partial charge is 0.0928 e. The molecule has 0 aromatic carbocycles. The lowest BCUT2D eigenvalue weighted by Gasteiger charge is -2.15. The van der Waals surface area contributed by atoms with Gasteiger partial charge in [0.1, 0.15) is 0 Å². The van der Waals surface area contributed by atoms with E-state index in [0.29, 0.717) is 0 Å². The first kappa shape index (κ1) is 12.1. The third-order valence-corrected chi connectivity index (χ3v) is 4.30. The molecule has 16 heavy (non-hydrogen) atoms. The molecule has 0 radical (unpaired) electrons. The van der Waals surface area contributed by atoms with Gasteiger partial charge in [-0.15, -0.1) is 11.3 Å². The van der Waals surface area contributed by atoms with Crippen LogP contribution in [0.5, 0.6) is 0 Å². The minimum absolute atomic E-state index is 0.776. The molecule has 1 saturated carbocycles. The molecule has 2 rings (SSSR count). The molecule has 0 spiro atoms. The third kappa shape index (κ3) is 3.56. The Hall–Kier alpha value is -0.410. The first-order valence-electron chi connectivity index (χ1n) is 6.44. The van der Waals surface area contributed by atoms with Crippen LogP contribution >= 0.6 is 11.3 Å². The van der Waals surface area contributed by atoms with Crippen molar-refractivity contribution >= 4 is 11.3 Å². The van der Waals surface area contributed by atoms with Gasteiger partial charge in [-0.2, -0.15) is 0 Å². The van der Waals surface area contributed by atoms with Crippen LogP contribution in [0.25, 0.3) is 0 Å². The van der Waals surface area contributed by atoms with Crippen LogP contribution in [0.3, 0.4) is 0 Å². The van der Waals surface area contributed by atoms with Gasteiger partial charge in [-0.3, -0.25) is 0 Å². The summed E-state index contributed by atoms with van der Waals surface area (Å²) in [6.45, 7) is 5.51. The summed E-state index contributed by atoms with van der Waals surface area (Å²) < 4.78 is 0. The highest BCUT2D eigenvalue weighted by Gasteiger charge is 2.29. The highest BCUT2D eigenvalue weighted by atomic mass is 32.1. The Morgan fingerprint density at radius 1 is 1.56 bits per heavy atom. The summed E-state index contributed by atoms with van der Waals surface area (Å²) in [5.41, 5.74) is 1.16. The van der Waals surface area contributed by atoms with E-state index in [4.69, 9.17) is 0 Å². The van der Waals surface area contributed by atoms with E-state index in [0.717, 1.165) is 30.6 Å². The van der Waals surface area contributed by atoms with Crippen LogP contribution in [-0.4, -0.2) is 17.6 Å². The predicted octanol–water partition coefficient (Wildman–Crippen LogP) is 3.16. The van der Waals surface area contributed by atoms with Gasteiger partial charge in [0.2, 0.25) is 0 Å². The molecule has 1 aliphatic rings. The molecule has 1 aliphatic carbocycles. The molecule has 1 aromatic rings. The highest BCUT2D eigenvalue weighted by molar-refractivity contribution is 7.09. The van der Waals surface area contributed by atoms with E-state index >= 15 is 0 Å². The molecule has 1 aromatic heterocycles. The molecule has 90 valence electrons. The maximum atomic E-state index is 4.49. The summed E-state index contributed by atoms with van der Waals surface area (Å²) in [5.74, 6) is 0.979.